The molecule has 0 aromatic heterocycles. The van der Waals surface area contributed by atoms with E-state index in [2.05, 4.69) is 10.2 Å². The highest BCUT2D eigenvalue weighted by atomic mass is 32.2. The van der Waals surface area contributed by atoms with Crippen molar-refractivity contribution in [3.05, 3.63) is 0 Å². The Bertz CT molecular complexity index is 260. The smallest absolute Gasteiger partial charge is 0.304 e. The molecule has 1 heterocycles. The summed E-state index contributed by atoms with van der Waals surface area (Å²) in [5.74, 6) is 1.11. The maximum Gasteiger partial charge on any atom is 0.304 e. The van der Waals surface area contributed by atoms with Crippen molar-refractivity contribution >= 4 is 23.6 Å². The van der Waals surface area contributed by atoms with Crippen molar-refractivity contribution < 1.29 is 14.7 Å². The molecule has 1 rings (SSSR count). The second-order valence-electron chi connectivity index (χ2n) is 3.79. The fraction of sp³-hybridized carbons (Fsp3) is 0.800. The van der Waals surface area contributed by atoms with Gasteiger partial charge in [-0.25, -0.2) is 0 Å². The number of nitrogens with one attached hydrogen (secondary N) is 1. The minimum absolute atomic E-state index is 0.00676. The van der Waals surface area contributed by atoms with Crippen molar-refractivity contribution in [3.63, 3.8) is 0 Å². The van der Waals surface area contributed by atoms with Crippen LogP contribution in [0.4, 0.5) is 0 Å². The molecule has 1 aliphatic rings. The molecule has 1 fully saturated rings. The SMILES string of the molecule is CNC(=O)CCN1CCSCC1CC(=O)O. The third kappa shape index (κ3) is 4.40. The molecule has 5 nitrogen and oxygen atoms in total. The van der Waals surface area contributed by atoms with Crippen molar-refractivity contribution in [3.8, 4) is 0 Å². The van der Waals surface area contributed by atoms with Gasteiger partial charge in [0.05, 0.1) is 6.42 Å². The van der Waals surface area contributed by atoms with Crippen molar-refractivity contribution in [2.75, 3.05) is 31.6 Å². The number of carbonyl (C=O) groups excluding carboxylic acids is 1. The zero-order chi connectivity index (χ0) is 12.0. The van der Waals surface area contributed by atoms with Gasteiger partial charge in [-0.3, -0.25) is 14.5 Å². The zero-order valence-corrected chi connectivity index (χ0v) is 10.3. The monoisotopic (exact) mass is 246 g/mol. The quantitative estimate of drug-likeness (QED) is 0.715. The molecule has 0 aromatic rings. The molecule has 6 heteroatoms. The highest BCUT2D eigenvalue weighted by Gasteiger charge is 2.24. The van der Waals surface area contributed by atoms with E-state index < -0.39 is 5.97 Å². The molecule has 0 spiro atoms. The van der Waals surface area contributed by atoms with Crippen LogP contribution in [0.2, 0.25) is 0 Å². The number of carbonyl (C=O) groups is 2. The summed E-state index contributed by atoms with van der Waals surface area (Å²) in [6, 6.07) is 0.0703. The molecule has 0 saturated carbocycles. The van der Waals surface area contributed by atoms with Gasteiger partial charge in [0.2, 0.25) is 5.91 Å². The number of carboxylic acids is 1. The highest BCUT2D eigenvalue weighted by Crippen LogP contribution is 2.19. The Hall–Kier alpha value is -0.750. The topological polar surface area (TPSA) is 69.6 Å². The third-order valence-corrected chi connectivity index (χ3v) is 3.76. The molecular weight excluding hydrogens is 228 g/mol. The molecule has 0 aliphatic carbocycles. The van der Waals surface area contributed by atoms with Crippen LogP contribution in [-0.2, 0) is 9.59 Å². The van der Waals surface area contributed by atoms with Crippen molar-refractivity contribution in [2.24, 2.45) is 0 Å². The molecule has 0 radical (unpaired) electrons. The Kier molecular flexibility index (Phi) is 5.62. The first-order valence-electron chi connectivity index (χ1n) is 5.37. The Morgan fingerprint density at radius 2 is 2.31 bits per heavy atom. The summed E-state index contributed by atoms with van der Waals surface area (Å²) in [7, 11) is 1.61. The van der Waals surface area contributed by atoms with E-state index in [1.165, 1.54) is 0 Å². The minimum atomic E-state index is -0.766. The van der Waals surface area contributed by atoms with Gasteiger partial charge in [-0.15, -0.1) is 0 Å². The molecule has 1 atom stereocenters. The fourth-order valence-electron chi connectivity index (χ4n) is 1.74. The second-order valence-corrected chi connectivity index (χ2v) is 4.94. The summed E-state index contributed by atoms with van der Waals surface area (Å²) in [5, 5.41) is 11.4. The van der Waals surface area contributed by atoms with Crippen LogP contribution in [0.5, 0.6) is 0 Å². The largest absolute Gasteiger partial charge is 0.481 e. The molecule has 0 aromatic carbocycles. The van der Waals surface area contributed by atoms with Crippen molar-refractivity contribution in [1.29, 1.82) is 0 Å². The van der Waals surface area contributed by atoms with E-state index >= 15 is 0 Å². The lowest BCUT2D eigenvalue weighted by Crippen LogP contribution is -2.44. The van der Waals surface area contributed by atoms with Gasteiger partial charge in [-0.2, -0.15) is 11.8 Å². The first-order chi connectivity index (χ1) is 7.63. The van der Waals surface area contributed by atoms with Crippen molar-refractivity contribution in [1.82, 2.24) is 10.2 Å². The average Bonchev–Trinajstić information content (AvgIpc) is 2.26. The predicted molar refractivity (Wildman–Crippen MR) is 63.6 cm³/mol. The minimum Gasteiger partial charge on any atom is -0.481 e. The predicted octanol–water partition coefficient (Wildman–Crippen LogP) is 0.0146. The van der Waals surface area contributed by atoms with Gasteiger partial charge >= 0.3 is 5.97 Å². The molecule has 92 valence electrons. The lowest BCUT2D eigenvalue weighted by atomic mass is 10.2. The van der Waals surface area contributed by atoms with Gasteiger partial charge in [0.15, 0.2) is 0 Å². The standard InChI is InChI=1S/C10H18N2O3S/c1-11-9(13)2-3-12-4-5-16-7-8(12)6-10(14)15/h8H,2-7H2,1H3,(H,11,13)(H,14,15). The van der Waals surface area contributed by atoms with Crippen LogP contribution in [0.25, 0.3) is 0 Å². The van der Waals surface area contributed by atoms with Crippen LogP contribution in [0.15, 0.2) is 0 Å². The molecule has 1 unspecified atom stereocenters. The normalized spacial score (nSPS) is 21.7. The van der Waals surface area contributed by atoms with E-state index in [1.807, 2.05) is 0 Å². The van der Waals surface area contributed by atoms with Gasteiger partial charge in [0.1, 0.15) is 0 Å². The van der Waals surface area contributed by atoms with E-state index in [0.717, 1.165) is 18.1 Å². The first kappa shape index (κ1) is 13.3. The number of hydrogen-bond acceptors (Lipinski definition) is 4. The summed E-state index contributed by atoms with van der Waals surface area (Å²) >= 11 is 1.78. The van der Waals surface area contributed by atoms with Gasteiger partial charge < -0.3 is 10.4 Å². The summed E-state index contributed by atoms with van der Waals surface area (Å²) in [5.41, 5.74) is 0. The number of aliphatic carboxylic acids is 1. The first-order valence-corrected chi connectivity index (χ1v) is 6.53. The maximum atomic E-state index is 11.1. The summed E-state index contributed by atoms with van der Waals surface area (Å²) in [4.78, 5) is 23.9. The Labute approximate surface area is 99.6 Å². The molecule has 1 saturated heterocycles. The number of rotatable bonds is 5. The number of hydrogen-bond donors (Lipinski definition) is 2. The molecule has 1 amide bonds. The van der Waals surface area contributed by atoms with Crippen LogP contribution in [0.1, 0.15) is 12.8 Å². The lowest BCUT2D eigenvalue weighted by Gasteiger charge is -2.34. The van der Waals surface area contributed by atoms with Gasteiger partial charge in [-0.05, 0) is 0 Å². The zero-order valence-electron chi connectivity index (χ0n) is 9.44. The fourth-order valence-corrected chi connectivity index (χ4v) is 2.87. The molecular formula is C10H18N2O3S. The van der Waals surface area contributed by atoms with Gasteiger partial charge in [0, 0.05) is 44.1 Å². The van der Waals surface area contributed by atoms with Crippen LogP contribution in [0.3, 0.4) is 0 Å². The van der Waals surface area contributed by atoms with E-state index in [1.54, 1.807) is 18.8 Å². The second kappa shape index (κ2) is 6.75. The van der Waals surface area contributed by atoms with E-state index in [9.17, 15) is 9.59 Å². The summed E-state index contributed by atoms with van der Waals surface area (Å²) in [6.45, 7) is 1.53. The average molecular weight is 246 g/mol. The Balaban J connectivity index is 2.40. The lowest BCUT2D eigenvalue weighted by molar-refractivity contribution is -0.138. The van der Waals surface area contributed by atoms with E-state index in [0.29, 0.717) is 13.0 Å². The van der Waals surface area contributed by atoms with Crippen LogP contribution < -0.4 is 5.32 Å². The molecule has 2 N–H and O–H groups in total. The van der Waals surface area contributed by atoms with Crippen LogP contribution in [0, 0.1) is 0 Å². The summed E-state index contributed by atoms with van der Waals surface area (Å²) in [6.07, 6.45) is 0.609. The number of thioether (sulfide) groups is 1. The maximum absolute atomic E-state index is 11.1. The number of amides is 1. The van der Waals surface area contributed by atoms with Gasteiger partial charge in [-0.1, -0.05) is 0 Å². The van der Waals surface area contributed by atoms with E-state index in [-0.39, 0.29) is 18.4 Å². The Morgan fingerprint density at radius 3 is 2.94 bits per heavy atom. The third-order valence-electron chi connectivity index (χ3n) is 2.66. The summed E-state index contributed by atoms with van der Waals surface area (Å²) < 4.78 is 0. The molecule has 16 heavy (non-hydrogen) atoms. The van der Waals surface area contributed by atoms with Crippen LogP contribution >= 0.6 is 11.8 Å². The highest BCUT2D eigenvalue weighted by molar-refractivity contribution is 7.99. The Morgan fingerprint density at radius 1 is 1.56 bits per heavy atom. The van der Waals surface area contributed by atoms with Crippen LogP contribution in [-0.4, -0.2) is 59.6 Å². The number of nitrogens with zero attached hydrogens (tertiary/aromatic N) is 1. The molecule has 0 bridgehead atoms. The van der Waals surface area contributed by atoms with E-state index in [4.69, 9.17) is 5.11 Å². The van der Waals surface area contributed by atoms with Gasteiger partial charge in [0.25, 0.3) is 0 Å². The number of carboxylic acid groups (broad SMARTS) is 1. The van der Waals surface area contributed by atoms with Crippen molar-refractivity contribution in [2.45, 2.75) is 18.9 Å². The molecule has 1 aliphatic heterocycles.